The summed E-state index contributed by atoms with van der Waals surface area (Å²) in [4.78, 5) is 11.1. The third kappa shape index (κ3) is 3.20. The van der Waals surface area contributed by atoms with Crippen LogP contribution in [0, 0.1) is 0 Å². The number of ether oxygens (including phenoxy) is 1. The van der Waals surface area contributed by atoms with Crippen molar-refractivity contribution in [3.63, 3.8) is 0 Å². The van der Waals surface area contributed by atoms with E-state index in [1.807, 2.05) is 6.07 Å². The number of hydrogen-bond donors (Lipinski definition) is 2. The lowest BCUT2D eigenvalue weighted by molar-refractivity contribution is -0.00898. The molecule has 1 saturated carbocycles. The van der Waals surface area contributed by atoms with Crippen LogP contribution < -0.4 is 16.0 Å². The van der Waals surface area contributed by atoms with Crippen LogP contribution in [0.3, 0.4) is 0 Å². The minimum atomic E-state index is 0.338. The van der Waals surface area contributed by atoms with Crippen LogP contribution in [0.25, 0.3) is 0 Å². The van der Waals surface area contributed by atoms with Gasteiger partial charge in [0.05, 0.1) is 18.8 Å². The molecule has 0 amide bonds. The molecule has 2 fully saturated rings. The van der Waals surface area contributed by atoms with Gasteiger partial charge in [-0.1, -0.05) is 19.8 Å². The number of rotatable bonds is 4. The van der Waals surface area contributed by atoms with Crippen molar-refractivity contribution in [3.05, 3.63) is 6.07 Å². The van der Waals surface area contributed by atoms with Gasteiger partial charge in [0.25, 0.3) is 0 Å². The van der Waals surface area contributed by atoms with Crippen LogP contribution in [0.2, 0.25) is 0 Å². The predicted molar refractivity (Wildman–Crippen MR) is 84.6 cm³/mol. The molecule has 2 heterocycles. The summed E-state index contributed by atoms with van der Waals surface area (Å²) in [5, 5.41) is 3.30. The number of nitrogen functional groups attached to an aromatic ring is 1. The molecule has 1 aliphatic heterocycles. The minimum absolute atomic E-state index is 0.338. The molecule has 1 saturated heterocycles. The Kier molecular flexibility index (Phi) is 4.43. The Balaban J connectivity index is 1.82. The van der Waals surface area contributed by atoms with Gasteiger partial charge in [-0.25, -0.2) is 0 Å². The Hall–Kier alpha value is -1.56. The molecule has 6 heteroatoms. The molecule has 0 aromatic carbocycles. The molecule has 116 valence electrons. The lowest BCUT2D eigenvalue weighted by Gasteiger charge is -2.44. The first-order valence-corrected chi connectivity index (χ1v) is 8.04. The Morgan fingerprint density at radius 3 is 3.10 bits per heavy atom. The van der Waals surface area contributed by atoms with Gasteiger partial charge in [0.1, 0.15) is 11.6 Å². The summed E-state index contributed by atoms with van der Waals surface area (Å²) in [7, 11) is 0. The van der Waals surface area contributed by atoms with Gasteiger partial charge in [-0.05, 0) is 19.3 Å². The summed E-state index contributed by atoms with van der Waals surface area (Å²) in [6.07, 6.45) is 6.26. The van der Waals surface area contributed by atoms with E-state index in [4.69, 9.17) is 10.5 Å². The van der Waals surface area contributed by atoms with E-state index in [9.17, 15) is 0 Å². The SMILES string of the molecule is CCCNc1cc(N2CCOC3CCCCC32)nc(N)n1. The summed E-state index contributed by atoms with van der Waals surface area (Å²) >= 11 is 0. The Morgan fingerprint density at radius 1 is 1.38 bits per heavy atom. The second kappa shape index (κ2) is 6.47. The highest BCUT2D eigenvalue weighted by Crippen LogP contribution is 2.32. The van der Waals surface area contributed by atoms with Crippen LogP contribution >= 0.6 is 0 Å². The fourth-order valence-corrected chi connectivity index (χ4v) is 3.32. The minimum Gasteiger partial charge on any atom is -0.374 e. The van der Waals surface area contributed by atoms with Crippen LogP contribution in [0.1, 0.15) is 39.0 Å². The van der Waals surface area contributed by atoms with Crippen molar-refractivity contribution in [2.24, 2.45) is 0 Å². The largest absolute Gasteiger partial charge is 0.374 e. The lowest BCUT2D eigenvalue weighted by atomic mass is 9.90. The molecule has 2 unspecified atom stereocenters. The summed E-state index contributed by atoms with van der Waals surface area (Å²) in [6, 6.07) is 2.45. The van der Waals surface area contributed by atoms with Gasteiger partial charge in [0.2, 0.25) is 5.95 Å². The number of nitrogens with one attached hydrogen (secondary N) is 1. The first-order valence-electron chi connectivity index (χ1n) is 8.04. The second-order valence-corrected chi connectivity index (χ2v) is 5.85. The molecule has 0 radical (unpaired) electrons. The van der Waals surface area contributed by atoms with Crippen molar-refractivity contribution in [2.45, 2.75) is 51.2 Å². The van der Waals surface area contributed by atoms with Gasteiger partial charge in [0.15, 0.2) is 0 Å². The molecule has 2 atom stereocenters. The molecule has 1 aliphatic carbocycles. The van der Waals surface area contributed by atoms with Gasteiger partial charge in [-0.2, -0.15) is 9.97 Å². The van der Waals surface area contributed by atoms with E-state index in [1.165, 1.54) is 19.3 Å². The van der Waals surface area contributed by atoms with Gasteiger partial charge in [0, 0.05) is 19.2 Å². The van der Waals surface area contributed by atoms with Gasteiger partial charge >= 0.3 is 0 Å². The maximum Gasteiger partial charge on any atom is 0.223 e. The summed E-state index contributed by atoms with van der Waals surface area (Å²) < 4.78 is 5.93. The Labute approximate surface area is 126 Å². The van der Waals surface area contributed by atoms with Crippen molar-refractivity contribution >= 4 is 17.6 Å². The van der Waals surface area contributed by atoms with Crippen molar-refractivity contribution in [1.82, 2.24) is 9.97 Å². The van der Waals surface area contributed by atoms with Crippen molar-refractivity contribution in [2.75, 3.05) is 35.6 Å². The molecular weight excluding hydrogens is 266 g/mol. The zero-order valence-corrected chi connectivity index (χ0v) is 12.7. The van der Waals surface area contributed by atoms with Gasteiger partial charge in [-0.15, -0.1) is 0 Å². The van der Waals surface area contributed by atoms with E-state index < -0.39 is 0 Å². The highest BCUT2D eigenvalue weighted by atomic mass is 16.5. The number of nitrogens with two attached hydrogens (primary N) is 1. The zero-order chi connectivity index (χ0) is 14.7. The average Bonchev–Trinajstić information content (AvgIpc) is 2.52. The van der Waals surface area contributed by atoms with Crippen molar-refractivity contribution < 1.29 is 4.74 Å². The van der Waals surface area contributed by atoms with Crippen molar-refractivity contribution in [3.8, 4) is 0 Å². The number of morpholine rings is 1. The van der Waals surface area contributed by atoms with Crippen molar-refractivity contribution in [1.29, 1.82) is 0 Å². The van der Waals surface area contributed by atoms with E-state index >= 15 is 0 Å². The van der Waals surface area contributed by atoms with E-state index in [1.54, 1.807) is 0 Å². The van der Waals surface area contributed by atoms with E-state index in [0.29, 0.717) is 18.1 Å². The molecular formula is C15H25N5O. The molecule has 1 aromatic heterocycles. The monoisotopic (exact) mass is 291 g/mol. The van der Waals surface area contributed by atoms with Crippen LogP contribution in [0.5, 0.6) is 0 Å². The number of hydrogen-bond acceptors (Lipinski definition) is 6. The first kappa shape index (κ1) is 14.4. The highest BCUT2D eigenvalue weighted by Gasteiger charge is 2.35. The number of aromatic nitrogens is 2. The molecule has 3 N–H and O–H groups in total. The van der Waals surface area contributed by atoms with Gasteiger partial charge < -0.3 is 20.7 Å². The predicted octanol–water partition coefficient (Wildman–Crippen LogP) is 2.03. The average molecular weight is 291 g/mol. The summed E-state index contributed by atoms with van der Waals surface area (Å²) in [5.41, 5.74) is 5.89. The standard InChI is InChI=1S/C15H25N5O/c1-2-7-17-13-10-14(19-15(16)18-13)20-8-9-21-12-6-4-3-5-11(12)20/h10-12H,2-9H2,1H3,(H3,16,17,18,19). The highest BCUT2D eigenvalue weighted by molar-refractivity contribution is 5.53. The van der Waals surface area contributed by atoms with Crippen LogP contribution in [-0.2, 0) is 4.74 Å². The van der Waals surface area contributed by atoms with Crippen LogP contribution in [0.15, 0.2) is 6.07 Å². The molecule has 3 rings (SSSR count). The normalized spacial score (nSPS) is 25.5. The molecule has 0 spiro atoms. The van der Waals surface area contributed by atoms with E-state index in [-0.39, 0.29) is 0 Å². The smallest absolute Gasteiger partial charge is 0.223 e. The fraction of sp³-hybridized carbons (Fsp3) is 0.733. The van der Waals surface area contributed by atoms with Crippen LogP contribution in [0.4, 0.5) is 17.6 Å². The Morgan fingerprint density at radius 2 is 2.24 bits per heavy atom. The fourth-order valence-electron chi connectivity index (χ4n) is 3.32. The van der Waals surface area contributed by atoms with E-state index in [0.717, 1.165) is 44.2 Å². The maximum atomic E-state index is 5.93. The summed E-state index contributed by atoms with van der Waals surface area (Å²) in [6.45, 7) is 4.67. The third-order valence-electron chi connectivity index (χ3n) is 4.31. The molecule has 21 heavy (non-hydrogen) atoms. The quantitative estimate of drug-likeness (QED) is 0.884. The van der Waals surface area contributed by atoms with Gasteiger partial charge in [-0.3, -0.25) is 0 Å². The topological polar surface area (TPSA) is 76.3 Å². The first-order chi connectivity index (χ1) is 10.3. The molecule has 2 aliphatic rings. The molecule has 1 aromatic rings. The lowest BCUT2D eigenvalue weighted by Crippen LogP contribution is -2.53. The second-order valence-electron chi connectivity index (χ2n) is 5.85. The zero-order valence-electron chi connectivity index (χ0n) is 12.7. The number of fused-ring (bicyclic) bond motifs is 1. The third-order valence-corrected chi connectivity index (χ3v) is 4.31. The molecule has 0 bridgehead atoms. The maximum absolute atomic E-state index is 5.93. The van der Waals surface area contributed by atoms with E-state index in [2.05, 4.69) is 27.1 Å². The van der Waals surface area contributed by atoms with Crippen LogP contribution in [-0.4, -0.2) is 41.8 Å². The number of anilines is 3. The number of nitrogens with zero attached hydrogens (tertiary/aromatic N) is 3. The molecule has 6 nitrogen and oxygen atoms in total. The Bertz CT molecular complexity index is 479. The summed E-state index contributed by atoms with van der Waals surface area (Å²) in [5.74, 6) is 2.09.